The van der Waals surface area contributed by atoms with Crippen LogP contribution in [0, 0.1) is 0 Å². The number of hydrogen-bond donors (Lipinski definition) is 2. The minimum Gasteiger partial charge on any atom is -0.394 e. The normalized spacial score (nSPS) is 10.4. The van der Waals surface area contributed by atoms with Crippen molar-refractivity contribution in [1.29, 1.82) is 0 Å². The fraction of sp³-hybridized carbons (Fsp3) is 0.600. The number of aliphatic hydroxyl groups is 1. The molecule has 0 bridgehead atoms. The van der Waals surface area contributed by atoms with E-state index in [-0.39, 0.29) is 12.5 Å². The largest absolute Gasteiger partial charge is 0.394 e. The first-order valence-electron chi connectivity index (χ1n) is 5.18. The van der Waals surface area contributed by atoms with Crippen molar-refractivity contribution in [3.05, 3.63) is 16.1 Å². The molecule has 6 heteroatoms. The van der Waals surface area contributed by atoms with Crippen LogP contribution in [0.4, 0.5) is 0 Å². The van der Waals surface area contributed by atoms with Gasteiger partial charge in [0.05, 0.1) is 31.0 Å². The number of carbonyl (C=O) groups excluding carboxylic acids is 1. The average Bonchev–Trinajstić information content (AvgIpc) is 2.76. The molecule has 0 aromatic carbocycles. The molecule has 0 saturated carbocycles. The lowest BCUT2D eigenvalue weighted by Gasteiger charge is -2.04. The monoisotopic (exact) mass is 244 g/mol. The molecule has 16 heavy (non-hydrogen) atoms. The van der Waals surface area contributed by atoms with E-state index in [1.54, 1.807) is 5.51 Å². The number of aryl methyl sites for hydroxylation is 1. The second kappa shape index (κ2) is 7.32. The van der Waals surface area contributed by atoms with Crippen LogP contribution in [-0.2, 0) is 11.2 Å². The van der Waals surface area contributed by atoms with Crippen molar-refractivity contribution in [3.63, 3.8) is 0 Å². The van der Waals surface area contributed by atoms with Gasteiger partial charge >= 0.3 is 0 Å². The van der Waals surface area contributed by atoms with E-state index in [0.717, 1.165) is 12.1 Å². The van der Waals surface area contributed by atoms with Gasteiger partial charge in [0.15, 0.2) is 0 Å². The maximum atomic E-state index is 11.7. The van der Waals surface area contributed by atoms with Crippen LogP contribution in [0.2, 0.25) is 0 Å². The van der Waals surface area contributed by atoms with Crippen LogP contribution in [0.25, 0.3) is 0 Å². The smallest absolute Gasteiger partial charge is 0.263 e. The zero-order valence-corrected chi connectivity index (χ0v) is 10.0. The third kappa shape index (κ3) is 3.88. The summed E-state index contributed by atoms with van der Waals surface area (Å²) in [6, 6.07) is 0. The Hall–Kier alpha value is -0.980. The van der Waals surface area contributed by atoms with Crippen molar-refractivity contribution in [2.45, 2.75) is 13.3 Å². The first-order chi connectivity index (χ1) is 7.79. The maximum absolute atomic E-state index is 11.7. The van der Waals surface area contributed by atoms with Gasteiger partial charge < -0.3 is 15.2 Å². The molecule has 0 aliphatic carbocycles. The Bertz CT molecular complexity index is 328. The van der Waals surface area contributed by atoms with E-state index in [2.05, 4.69) is 10.3 Å². The standard InChI is InChI=1S/C10H16N2O3S/c1-2-8-9(16-7-12-8)10(14)11-3-5-15-6-4-13/h7,13H,2-6H2,1H3,(H,11,14). The molecule has 5 nitrogen and oxygen atoms in total. The van der Waals surface area contributed by atoms with Crippen LogP contribution in [0.15, 0.2) is 5.51 Å². The number of thiazole rings is 1. The lowest BCUT2D eigenvalue weighted by molar-refractivity contribution is 0.0840. The summed E-state index contributed by atoms with van der Waals surface area (Å²) in [6.07, 6.45) is 0.757. The van der Waals surface area contributed by atoms with Gasteiger partial charge in [-0.15, -0.1) is 11.3 Å². The van der Waals surface area contributed by atoms with E-state index in [0.29, 0.717) is 24.6 Å². The van der Waals surface area contributed by atoms with E-state index < -0.39 is 0 Å². The number of rotatable bonds is 7. The third-order valence-electron chi connectivity index (χ3n) is 1.95. The SMILES string of the molecule is CCc1ncsc1C(=O)NCCOCCO. The van der Waals surface area contributed by atoms with Crippen LogP contribution in [0.3, 0.4) is 0 Å². The van der Waals surface area contributed by atoms with Crippen LogP contribution in [0.5, 0.6) is 0 Å². The molecule has 1 aromatic heterocycles. The fourth-order valence-corrected chi connectivity index (χ4v) is 1.99. The maximum Gasteiger partial charge on any atom is 0.263 e. The molecule has 0 atom stereocenters. The summed E-state index contributed by atoms with van der Waals surface area (Å²) in [5.74, 6) is -0.105. The van der Waals surface area contributed by atoms with Gasteiger partial charge in [0.1, 0.15) is 4.88 Å². The van der Waals surface area contributed by atoms with Crippen molar-refractivity contribution < 1.29 is 14.6 Å². The number of nitrogens with one attached hydrogen (secondary N) is 1. The number of ether oxygens (including phenoxy) is 1. The molecule has 1 amide bonds. The van der Waals surface area contributed by atoms with Crippen LogP contribution >= 0.6 is 11.3 Å². The Kier molecular flexibility index (Phi) is 5.99. The molecule has 0 saturated heterocycles. The van der Waals surface area contributed by atoms with Gasteiger partial charge in [-0.1, -0.05) is 6.92 Å². The van der Waals surface area contributed by atoms with Crippen molar-refractivity contribution >= 4 is 17.2 Å². The number of hydrogen-bond acceptors (Lipinski definition) is 5. The van der Waals surface area contributed by atoms with E-state index in [1.807, 2.05) is 6.92 Å². The van der Waals surface area contributed by atoms with Crippen molar-refractivity contribution in [1.82, 2.24) is 10.3 Å². The van der Waals surface area contributed by atoms with E-state index in [9.17, 15) is 4.79 Å². The lowest BCUT2D eigenvalue weighted by atomic mass is 10.3. The molecule has 0 fully saturated rings. The molecule has 90 valence electrons. The van der Waals surface area contributed by atoms with Gasteiger partial charge in [0.2, 0.25) is 0 Å². The highest BCUT2D eigenvalue weighted by Gasteiger charge is 2.12. The topological polar surface area (TPSA) is 71.5 Å². The van der Waals surface area contributed by atoms with Gasteiger partial charge in [-0.05, 0) is 6.42 Å². The molecule has 0 aliphatic rings. The molecule has 1 heterocycles. The Labute approximate surface area is 98.5 Å². The Balaban J connectivity index is 2.30. The molecule has 1 rings (SSSR count). The summed E-state index contributed by atoms with van der Waals surface area (Å²) >= 11 is 1.35. The van der Waals surface area contributed by atoms with Crippen molar-refractivity contribution in [2.75, 3.05) is 26.4 Å². The highest BCUT2D eigenvalue weighted by Crippen LogP contribution is 2.13. The number of amides is 1. The van der Waals surface area contributed by atoms with E-state index in [1.165, 1.54) is 11.3 Å². The highest BCUT2D eigenvalue weighted by molar-refractivity contribution is 7.11. The first-order valence-corrected chi connectivity index (χ1v) is 6.06. The molecule has 2 N–H and O–H groups in total. The minimum atomic E-state index is -0.105. The van der Waals surface area contributed by atoms with Crippen LogP contribution in [-0.4, -0.2) is 42.4 Å². The Morgan fingerprint density at radius 3 is 3.12 bits per heavy atom. The van der Waals surface area contributed by atoms with Crippen molar-refractivity contribution in [2.24, 2.45) is 0 Å². The highest BCUT2D eigenvalue weighted by atomic mass is 32.1. The number of aliphatic hydroxyl groups excluding tert-OH is 1. The zero-order valence-electron chi connectivity index (χ0n) is 9.23. The van der Waals surface area contributed by atoms with Gasteiger partial charge in [-0.2, -0.15) is 0 Å². The summed E-state index contributed by atoms with van der Waals surface area (Å²) < 4.78 is 5.03. The number of nitrogens with zero attached hydrogens (tertiary/aromatic N) is 1. The predicted octanol–water partition coefficient (Wildman–Crippen LogP) is 0.444. The summed E-state index contributed by atoms with van der Waals surface area (Å²) in [6.45, 7) is 3.13. The second-order valence-electron chi connectivity index (χ2n) is 3.07. The molecule has 1 aromatic rings. The van der Waals surface area contributed by atoms with Crippen LogP contribution < -0.4 is 5.32 Å². The molecular weight excluding hydrogens is 228 g/mol. The Morgan fingerprint density at radius 2 is 2.44 bits per heavy atom. The number of carbonyl (C=O) groups is 1. The van der Waals surface area contributed by atoms with Gasteiger partial charge in [-0.25, -0.2) is 4.98 Å². The quantitative estimate of drug-likeness (QED) is 0.683. The van der Waals surface area contributed by atoms with E-state index >= 15 is 0 Å². The van der Waals surface area contributed by atoms with Gasteiger partial charge in [0.25, 0.3) is 5.91 Å². The molecule has 0 spiro atoms. The first kappa shape index (κ1) is 13.1. The summed E-state index contributed by atoms with van der Waals surface area (Å²) in [4.78, 5) is 16.5. The average molecular weight is 244 g/mol. The molecule has 0 aliphatic heterocycles. The molecule has 0 radical (unpaired) electrons. The fourth-order valence-electron chi connectivity index (χ4n) is 1.19. The summed E-state index contributed by atoms with van der Waals surface area (Å²) in [5.41, 5.74) is 2.51. The summed E-state index contributed by atoms with van der Waals surface area (Å²) in [5, 5.41) is 11.2. The minimum absolute atomic E-state index is 0.00275. The van der Waals surface area contributed by atoms with E-state index in [4.69, 9.17) is 9.84 Å². The lowest BCUT2D eigenvalue weighted by Crippen LogP contribution is -2.27. The molecule has 0 unspecified atom stereocenters. The van der Waals surface area contributed by atoms with Crippen LogP contribution in [0.1, 0.15) is 22.3 Å². The summed E-state index contributed by atoms with van der Waals surface area (Å²) in [7, 11) is 0. The Morgan fingerprint density at radius 1 is 1.62 bits per heavy atom. The zero-order chi connectivity index (χ0) is 11.8. The number of aromatic nitrogens is 1. The third-order valence-corrected chi connectivity index (χ3v) is 2.82. The second-order valence-corrected chi connectivity index (χ2v) is 3.93. The predicted molar refractivity (Wildman–Crippen MR) is 61.7 cm³/mol. The van der Waals surface area contributed by atoms with Crippen molar-refractivity contribution in [3.8, 4) is 0 Å². The van der Waals surface area contributed by atoms with Gasteiger partial charge in [-0.3, -0.25) is 4.79 Å². The molecular formula is C10H16N2O3S. The van der Waals surface area contributed by atoms with Gasteiger partial charge in [0, 0.05) is 6.54 Å².